The third-order valence-corrected chi connectivity index (χ3v) is 3.64. The minimum absolute atomic E-state index is 0.00308. The standard InChI is InChI=1S/C14H22BrN3O/c1-5-14(2,3)17-13(19)9-18(4)12-7-6-10(15)8-11(12)16/h6-8H,5,9,16H2,1-4H3,(H,17,19). The second kappa shape index (κ2) is 6.28. The Kier molecular flexibility index (Phi) is 5.23. The van der Waals surface area contributed by atoms with Gasteiger partial charge in [0.15, 0.2) is 0 Å². The van der Waals surface area contributed by atoms with Crippen molar-refractivity contribution in [2.24, 2.45) is 0 Å². The van der Waals surface area contributed by atoms with E-state index in [1.54, 1.807) is 0 Å². The third kappa shape index (κ3) is 4.74. The lowest BCUT2D eigenvalue weighted by atomic mass is 10.0. The summed E-state index contributed by atoms with van der Waals surface area (Å²) in [6.45, 7) is 6.36. The molecular formula is C14H22BrN3O. The van der Waals surface area contributed by atoms with E-state index in [4.69, 9.17) is 5.73 Å². The van der Waals surface area contributed by atoms with Crippen LogP contribution in [-0.2, 0) is 4.79 Å². The van der Waals surface area contributed by atoms with Crippen LogP contribution in [0.2, 0.25) is 0 Å². The molecule has 0 spiro atoms. The number of amides is 1. The van der Waals surface area contributed by atoms with Gasteiger partial charge in [0.05, 0.1) is 17.9 Å². The molecule has 0 aliphatic carbocycles. The lowest BCUT2D eigenvalue weighted by Gasteiger charge is -2.27. The van der Waals surface area contributed by atoms with E-state index in [1.165, 1.54) is 0 Å². The van der Waals surface area contributed by atoms with Crippen molar-refractivity contribution in [3.05, 3.63) is 22.7 Å². The molecule has 0 aromatic heterocycles. The Balaban J connectivity index is 2.69. The highest BCUT2D eigenvalue weighted by molar-refractivity contribution is 9.10. The predicted molar refractivity (Wildman–Crippen MR) is 84.3 cm³/mol. The van der Waals surface area contributed by atoms with E-state index in [2.05, 4.69) is 28.2 Å². The van der Waals surface area contributed by atoms with Crippen LogP contribution in [0.15, 0.2) is 22.7 Å². The molecule has 1 aromatic rings. The van der Waals surface area contributed by atoms with E-state index in [-0.39, 0.29) is 18.0 Å². The predicted octanol–water partition coefficient (Wildman–Crippen LogP) is 2.77. The molecule has 0 unspecified atom stereocenters. The molecule has 3 N–H and O–H groups in total. The molecule has 4 nitrogen and oxygen atoms in total. The van der Waals surface area contributed by atoms with Gasteiger partial charge >= 0.3 is 0 Å². The maximum atomic E-state index is 12.0. The zero-order valence-electron chi connectivity index (χ0n) is 12.0. The van der Waals surface area contributed by atoms with E-state index in [1.807, 2.05) is 44.0 Å². The van der Waals surface area contributed by atoms with Gasteiger partial charge in [-0.2, -0.15) is 0 Å². The van der Waals surface area contributed by atoms with Gasteiger partial charge in [-0.15, -0.1) is 0 Å². The number of hydrogen-bond donors (Lipinski definition) is 2. The topological polar surface area (TPSA) is 58.4 Å². The molecule has 1 rings (SSSR count). The zero-order valence-corrected chi connectivity index (χ0v) is 13.5. The van der Waals surface area contributed by atoms with Crippen molar-refractivity contribution in [1.82, 2.24) is 5.32 Å². The number of nitrogens with one attached hydrogen (secondary N) is 1. The van der Waals surface area contributed by atoms with E-state index in [0.29, 0.717) is 5.69 Å². The number of carbonyl (C=O) groups is 1. The van der Waals surface area contributed by atoms with Crippen molar-refractivity contribution in [2.75, 3.05) is 24.2 Å². The first kappa shape index (κ1) is 15.8. The average Bonchev–Trinajstić information content (AvgIpc) is 2.27. The van der Waals surface area contributed by atoms with Gasteiger partial charge in [-0.1, -0.05) is 22.9 Å². The number of nitrogens with two attached hydrogens (primary N) is 1. The Morgan fingerprint density at radius 3 is 2.63 bits per heavy atom. The largest absolute Gasteiger partial charge is 0.397 e. The molecule has 1 amide bonds. The van der Waals surface area contributed by atoms with Gasteiger partial charge < -0.3 is 16.0 Å². The number of nitrogen functional groups attached to an aromatic ring is 1. The number of halogens is 1. The van der Waals surface area contributed by atoms with Gasteiger partial charge in [-0.25, -0.2) is 0 Å². The Labute approximate surface area is 123 Å². The molecule has 106 valence electrons. The van der Waals surface area contributed by atoms with Crippen molar-refractivity contribution < 1.29 is 4.79 Å². The first-order valence-corrected chi connectivity index (χ1v) is 7.11. The molecule has 0 saturated carbocycles. The monoisotopic (exact) mass is 327 g/mol. The normalized spacial score (nSPS) is 11.2. The fourth-order valence-electron chi connectivity index (χ4n) is 1.68. The molecule has 0 bridgehead atoms. The molecular weight excluding hydrogens is 306 g/mol. The third-order valence-electron chi connectivity index (χ3n) is 3.14. The van der Waals surface area contributed by atoms with Crippen LogP contribution < -0.4 is 16.0 Å². The number of hydrogen-bond acceptors (Lipinski definition) is 3. The highest BCUT2D eigenvalue weighted by Crippen LogP contribution is 2.25. The average molecular weight is 328 g/mol. The first-order chi connectivity index (χ1) is 8.75. The molecule has 0 aliphatic rings. The summed E-state index contributed by atoms with van der Waals surface area (Å²) < 4.78 is 0.929. The van der Waals surface area contributed by atoms with Crippen LogP contribution in [0.4, 0.5) is 11.4 Å². The zero-order chi connectivity index (χ0) is 14.6. The lowest BCUT2D eigenvalue weighted by Crippen LogP contribution is -2.46. The molecule has 0 fully saturated rings. The maximum absolute atomic E-state index is 12.0. The lowest BCUT2D eigenvalue weighted by molar-refractivity contribution is -0.121. The molecule has 0 aliphatic heterocycles. The van der Waals surface area contributed by atoms with E-state index >= 15 is 0 Å². The number of anilines is 2. The summed E-state index contributed by atoms with van der Waals surface area (Å²) in [7, 11) is 1.86. The van der Waals surface area contributed by atoms with Gasteiger partial charge in [0, 0.05) is 17.1 Å². The van der Waals surface area contributed by atoms with Crippen LogP contribution in [-0.4, -0.2) is 25.0 Å². The number of nitrogens with zero attached hydrogens (tertiary/aromatic N) is 1. The second-order valence-electron chi connectivity index (χ2n) is 5.34. The minimum atomic E-state index is -0.177. The van der Waals surface area contributed by atoms with E-state index < -0.39 is 0 Å². The molecule has 0 saturated heterocycles. The SMILES string of the molecule is CCC(C)(C)NC(=O)CN(C)c1ccc(Br)cc1N. The van der Waals surface area contributed by atoms with Crippen LogP contribution in [0.25, 0.3) is 0 Å². The van der Waals surface area contributed by atoms with Crippen molar-refractivity contribution in [3.8, 4) is 0 Å². The van der Waals surface area contributed by atoms with Crippen LogP contribution in [0.5, 0.6) is 0 Å². The number of benzene rings is 1. The summed E-state index contributed by atoms with van der Waals surface area (Å²) in [6.07, 6.45) is 0.892. The van der Waals surface area contributed by atoms with Gasteiger partial charge in [0.1, 0.15) is 0 Å². The van der Waals surface area contributed by atoms with Gasteiger partial charge in [-0.3, -0.25) is 4.79 Å². The smallest absolute Gasteiger partial charge is 0.239 e. The fraction of sp³-hybridized carbons (Fsp3) is 0.500. The van der Waals surface area contributed by atoms with E-state index in [9.17, 15) is 4.79 Å². The molecule has 0 heterocycles. The molecule has 0 radical (unpaired) electrons. The fourth-order valence-corrected chi connectivity index (χ4v) is 2.06. The molecule has 1 aromatic carbocycles. The quantitative estimate of drug-likeness (QED) is 0.817. The van der Waals surface area contributed by atoms with Crippen LogP contribution in [0, 0.1) is 0 Å². The van der Waals surface area contributed by atoms with Gasteiger partial charge in [0.2, 0.25) is 5.91 Å². The summed E-state index contributed by atoms with van der Waals surface area (Å²) in [5, 5.41) is 3.01. The molecule has 19 heavy (non-hydrogen) atoms. The second-order valence-corrected chi connectivity index (χ2v) is 6.26. The van der Waals surface area contributed by atoms with Crippen LogP contribution >= 0.6 is 15.9 Å². The summed E-state index contributed by atoms with van der Waals surface area (Å²) in [5.74, 6) is -0.00308. The summed E-state index contributed by atoms with van der Waals surface area (Å²) in [5.41, 5.74) is 7.28. The Bertz CT molecular complexity index is 460. The van der Waals surface area contributed by atoms with Crippen LogP contribution in [0.3, 0.4) is 0 Å². The molecule has 0 atom stereocenters. The number of carbonyl (C=O) groups excluding carboxylic acids is 1. The van der Waals surface area contributed by atoms with E-state index in [0.717, 1.165) is 16.6 Å². The highest BCUT2D eigenvalue weighted by Gasteiger charge is 2.19. The van der Waals surface area contributed by atoms with Crippen molar-refractivity contribution in [2.45, 2.75) is 32.7 Å². The van der Waals surface area contributed by atoms with Gasteiger partial charge in [0.25, 0.3) is 0 Å². The number of rotatable bonds is 5. The van der Waals surface area contributed by atoms with Crippen LogP contribution in [0.1, 0.15) is 27.2 Å². The first-order valence-electron chi connectivity index (χ1n) is 6.32. The summed E-state index contributed by atoms with van der Waals surface area (Å²) >= 11 is 3.37. The van der Waals surface area contributed by atoms with Crippen molar-refractivity contribution >= 4 is 33.2 Å². The Hall–Kier alpha value is -1.23. The molecule has 5 heteroatoms. The van der Waals surface area contributed by atoms with Gasteiger partial charge in [-0.05, 0) is 38.5 Å². The summed E-state index contributed by atoms with van der Waals surface area (Å²) in [6, 6.07) is 5.65. The summed E-state index contributed by atoms with van der Waals surface area (Å²) in [4.78, 5) is 13.8. The minimum Gasteiger partial charge on any atom is -0.397 e. The Morgan fingerprint density at radius 2 is 2.11 bits per heavy atom. The maximum Gasteiger partial charge on any atom is 0.239 e. The van der Waals surface area contributed by atoms with Crippen molar-refractivity contribution in [1.29, 1.82) is 0 Å². The van der Waals surface area contributed by atoms with Crippen molar-refractivity contribution in [3.63, 3.8) is 0 Å². The number of likely N-dealkylation sites (N-methyl/N-ethyl adjacent to an activating group) is 1. The highest BCUT2D eigenvalue weighted by atomic mass is 79.9. The Morgan fingerprint density at radius 1 is 1.47 bits per heavy atom.